The Balaban J connectivity index is 2.54. The molecule has 1 N–H and O–H groups in total. The Morgan fingerprint density at radius 1 is 1.29 bits per heavy atom. The van der Waals surface area contributed by atoms with Gasteiger partial charge in [-0.15, -0.1) is 6.58 Å². The van der Waals surface area contributed by atoms with Crippen molar-refractivity contribution in [1.29, 1.82) is 0 Å². The number of rotatable bonds is 4. The van der Waals surface area contributed by atoms with Gasteiger partial charge in [0.05, 0.1) is 0 Å². The van der Waals surface area contributed by atoms with Crippen LogP contribution in [0.3, 0.4) is 0 Å². The maximum Gasteiger partial charge on any atom is 0.0441 e. The summed E-state index contributed by atoms with van der Waals surface area (Å²) in [5.41, 5.74) is 2.11. The molecule has 3 heteroatoms. The molecule has 0 unspecified atom stereocenters. The van der Waals surface area contributed by atoms with Gasteiger partial charge in [0.1, 0.15) is 0 Å². The van der Waals surface area contributed by atoms with E-state index in [0.29, 0.717) is 10.0 Å². The molecule has 0 aliphatic carbocycles. The lowest BCUT2D eigenvalue weighted by molar-refractivity contribution is 1.00. The van der Waals surface area contributed by atoms with Crippen molar-refractivity contribution in [2.24, 2.45) is 0 Å². The fourth-order valence-electron chi connectivity index (χ4n) is 1.08. The fraction of sp³-hybridized carbons (Fsp3) is 0.273. The normalized spacial score (nSPS) is 9.93. The van der Waals surface area contributed by atoms with Crippen LogP contribution in [0.1, 0.15) is 13.3 Å². The van der Waals surface area contributed by atoms with Crippen LogP contribution < -0.4 is 5.32 Å². The van der Waals surface area contributed by atoms with Crippen LogP contribution in [-0.2, 0) is 0 Å². The zero-order valence-corrected chi connectivity index (χ0v) is 9.62. The van der Waals surface area contributed by atoms with Crippen molar-refractivity contribution in [2.75, 3.05) is 11.9 Å². The van der Waals surface area contributed by atoms with Crippen LogP contribution >= 0.6 is 23.2 Å². The second-order valence-corrected chi connectivity index (χ2v) is 4.16. The van der Waals surface area contributed by atoms with Crippen molar-refractivity contribution in [3.05, 3.63) is 40.4 Å². The molecule has 0 aliphatic heterocycles. The number of benzene rings is 1. The third-order valence-corrected chi connectivity index (χ3v) is 2.18. The highest BCUT2D eigenvalue weighted by atomic mass is 35.5. The number of halogens is 2. The Hall–Kier alpha value is -0.660. The molecule has 1 aromatic carbocycles. The van der Waals surface area contributed by atoms with E-state index < -0.39 is 0 Å². The summed E-state index contributed by atoms with van der Waals surface area (Å²) in [6, 6.07) is 5.42. The molecule has 1 rings (SSSR count). The van der Waals surface area contributed by atoms with E-state index in [1.807, 2.05) is 19.1 Å². The van der Waals surface area contributed by atoms with Gasteiger partial charge in [-0.05, 0) is 31.5 Å². The number of hydrogen-bond acceptors (Lipinski definition) is 1. The third kappa shape index (κ3) is 4.03. The van der Waals surface area contributed by atoms with Gasteiger partial charge >= 0.3 is 0 Å². The predicted octanol–water partition coefficient (Wildman–Crippen LogP) is 4.37. The molecule has 14 heavy (non-hydrogen) atoms. The summed E-state index contributed by atoms with van der Waals surface area (Å²) in [4.78, 5) is 0. The van der Waals surface area contributed by atoms with Gasteiger partial charge in [0.2, 0.25) is 0 Å². The molecule has 76 valence electrons. The molecule has 0 spiro atoms. The molecule has 1 nitrogen and oxygen atoms in total. The topological polar surface area (TPSA) is 12.0 Å². The lowest BCUT2D eigenvalue weighted by Crippen LogP contribution is -2.01. The fourth-order valence-corrected chi connectivity index (χ4v) is 1.60. The van der Waals surface area contributed by atoms with Crippen molar-refractivity contribution in [3.8, 4) is 0 Å². The highest BCUT2D eigenvalue weighted by molar-refractivity contribution is 6.35. The van der Waals surface area contributed by atoms with Gasteiger partial charge in [0, 0.05) is 22.3 Å². The van der Waals surface area contributed by atoms with Crippen LogP contribution in [0.5, 0.6) is 0 Å². The first-order valence-electron chi connectivity index (χ1n) is 4.42. The number of anilines is 1. The van der Waals surface area contributed by atoms with Crippen molar-refractivity contribution in [3.63, 3.8) is 0 Å². The molecular formula is C11H13Cl2N. The highest BCUT2D eigenvalue weighted by Crippen LogP contribution is 2.22. The van der Waals surface area contributed by atoms with Crippen molar-refractivity contribution < 1.29 is 0 Å². The van der Waals surface area contributed by atoms with Gasteiger partial charge in [-0.2, -0.15) is 0 Å². The van der Waals surface area contributed by atoms with E-state index >= 15 is 0 Å². The van der Waals surface area contributed by atoms with Crippen LogP contribution in [0.2, 0.25) is 10.0 Å². The second kappa shape index (κ2) is 5.28. The lowest BCUT2D eigenvalue weighted by atomic mass is 10.2. The van der Waals surface area contributed by atoms with E-state index in [2.05, 4.69) is 11.9 Å². The van der Waals surface area contributed by atoms with Crippen molar-refractivity contribution >= 4 is 28.9 Å². The SMILES string of the molecule is C=C(C)CCNc1cc(Cl)cc(Cl)c1. The summed E-state index contributed by atoms with van der Waals surface area (Å²) in [5.74, 6) is 0. The number of hydrogen-bond donors (Lipinski definition) is 1. The first-order chi connectivity index (χ1) is 6.58. The van der Waals surface area contributed by atoms with Crippen LogP contribution in [0.4, 0.5) is 5.69 Å². The zero-order chi connectivity index (χ0) is 10.6. The number of nitrogens with one attached hydrogen (secondary N) is 1. The molecular weight excluding hydrogens is 217 g/mol. The van der Waals surface area contributed by atoms with Crippen molar-refractivity contribution in [1.82, 2.24) is 0 Å². The monoisotopic (exact) mass is 229 g/mol. The molecule has 0 bridgehead atoms. The van der Waals surface area contributed by atoms with E-state index in [-0.39, 0.29) is 0 Å². The van der Waals surface area contributed by atoms with Gasteiger partial charge < -0.3 is 5.32 Å². The zero-order valence-electron chi connectivity index (χ0n) is 8.11. The molecule has 0 radical (unpaired) electrons. The molecule has 0 aromatic heterocycles. The predicted molar refractivity (Wildman–Crippen MR) is 64.4 cm³/mol. The maximum atomic E-state index is 5.85. The lowest BCUT2D eigenvalue weighted by Gasteiger charge is -2.06. The van der Waals surface area contributed by atoms with Crippen LogP contribution in [0, 0.1) is 0 Å². The summed E-state index contributed by atoms with van der Waals surface area (Å²) >= 11 is 11.7. The van der Waals surface area contributed by atoms with Gasteiger partial charge in [-0.1, -0.05) is 28.8 Å². The van der Waals surface area contributed by atoms with E-state index in [1.54, 1.807) is 6.07 Å². The summed E-state index contributed by atoms with van der Waals surface area (Å²) in [5, 5.41) is 4.52. The van der Waals surface area contributed by atoms with Crippen LogP contribution in [0.15, 0.2) is 30.4 Å². The Bertz CT molecular complexity index is 314. The van der Waals surface area contributed by atoms with Gasteiger partial charge in [-0.25, -0.2) is 0 Å². The Morgan fingerprint density at radius 3 is 2.36 bits per heavy atom. The molecule has 0 aliphatic rings. The van der Waals surface area contributed by atoms with Gasteiger partial charge in [0.15, 0.2) is 0 Å². The largest absolute Gasteiger partial charge is 0.385 e. The summed E-state index contributed by atoms with van der Waals surface area (Å²) in [6.07, 6.45) is 0.949. The Kier molecular flexibility index (Phi) is 4.30. The van der Waals surface area contributed by atoms with E-state index in [9.17, 15) is 0 Å². The first kappa shape index (κ1) is 11.4. The standard InChI is InChI=1S/C11H13Cl2N/c1-8(2)3-4-14-11-6-9(12)5-10(13)7-11/h5-7,14H,1,3-4H2,2H3. The van der Waals surface area contributed by atoms with Gasteiger partial charge in [-0.3, -0.25) is 0 Å². The first-order valence-corrected chi connectivity index (χ1v) is 5.18. The minimum absolute atomic E-state index is 0.648. The molecule has 0 atom stereocenters. The van der Waals surface area contributed by atoms with Crippen LogP contribution in [0.25, 0.3) is 0 Å². The van der Waals surface area contributed by atoms with E-state index in [1.165, 1.54) is 0 Å². The van der Waals surface area contributed by atoms with Crippen LogP contribution in [-0.4, -0.2) is 6.54 Å². The highest BCUT2D eigenvalue weighted by Gasteiger charge is 1.97. The maximum absolute atomic E-state index is 5.85. The Morgan fingerprint density at radius 2 is 1.86 bits per heavy atom. The van der Waals surface area contributed by atoms with E-state index in [0.717, 1.165) is 24.2 Å². The molecule has 0 heterocycles. The third-order valence-electron chi connectivity index (χ3n) is 1.74. The average Bonchev–Trinajstić information content (AvgIpc) is 2.01. The summed E-state index contributed by atoms with van der Waals surface area (Å²) < 4.78 is 0. The molecule has 0 amide bonds. The summed E-state index contributed by atoms with van der Waals surface area (Å²) in [7, 11) is 0. The minimum Gasteiger partial charge on any atom is -0.385 e. The quantitative estimate of drug-likeness (QED) is 0.757. The molecule has 0 fully saturated rings. The molecule has 0 saturated heterocycles. The second-order valence-electron chi connectivity index (χ2n) is 3.29. The summed E-state index contributed by atoms with van der Waals surface area (Å²) in [6.45, 7) is 6.69. The van der Waals surface area contributed by atoms with E-state index in [4.69, 9.17) is 23.2 Å². The minimum atomic E-state index is 0.648. The smallest absolute Gasteiger partial charge is 0.0441 e. The molecule has 1 aromatic rings. The van der Waals surface area contributed by atoms with Crippen molar-refractivity contribution in [2.45, 2.75) is 13.3 Å². The molecule has 0 saturated carbocycles. The van der Waals surface area contributed by atoms with Gasteiger partial charge in [0.25, 0.3) is 0 Å². The Labute approximate surface area is 94.7 Å². The average molecular weight is 230 g/mol.